The number of nitrogens with zero attached hydrogens (tertiary/aromatic N) is 5. The summed E-state index contributed by atoms with van der Waals surface area (Å²) in [6.07, 6.45) is 2.83. The van der Waals surface area contributed by atoms with Gasteiger partial charge in [0.1, 0.15) is 5.82 Å². The number of pyridine rings is 1. The summed E-state index contributed by atoms with van der Waals surface area (Å²) in [5.41, 5.74) is 5.52. The number of aliphatic hydroxyl groups is 1. The molecule has 0 aliphatic carbocycles. The molecule has 2 saturated heterocycles. The maximum absolute atomic E-state index is 10.7. The topological polar surface area (TPSA) is 71.5 Å². The molecule has 5 rings (SSSR count). The average molecular weight is 421 g/mol. The van der Waals surface area contributed by atoms with Crippen molar-refractivity contribution in [2.45, 2.75) is 38.0 Å². The van der Waals surface area contributed by atoms with E-state index in [0.717, 1.165) is 54.3 Å². The first-order chi connectivity index (χ1) is 15.0. The van der Waals surface area contributed by atoms with Gasteiger partial charge in [0.15, 0.2) is 0 Å². The number of H-pyrrole nitrogens is 1. The highest BCUT2D eigenvalue weighted by atomic mass is 16.3. The lowest BCUT2D eigenvalue weighted by Gasteiger charge is -2.41. The molecule has 2 aliphatic heterocycles. The van der Waals surface area contributed by atoms with E-state index < -0.39 is 0 Å². The number of aliphatic hydroxyl groups excluding tert-OH is 1. The number of anilines is 1. The minimum absolute atomic E-state index is 0.0166. The van der Waals surface area contributed by atoms with Gasteiger partial charge in [-0.3, -0.25) is 9.88 Å². The number of fused-ring (bicyclic) bond motifs is 1. The molecule has 31 heavy (non-hydrogen) atoms. The van der Waals surface area contributed by atoms with Gasteiger partial charge in [0.25, 0.3) is 0 Å². The smallest absolute Gasteiger partial charge is 0.124 e. The first-order valence-corrected chi connectivity index (χ1v) is 11.2. The van der Waals surface area contributed by atoms with Gasteiger partial charge in [0, 0.05) is 32.4 Å². The Hall–Kier alpha value is -2.48. The molecule has 7 nitrogen and oxygen atoms in total. The van der Waals surface area contributed by atoms with Crippen molar-refractivity contribution in [2.75, 3.05) is 45.2 Å². The molecule has 1 aromatic carbocycles. The normalized spacial score (nSPS) is 25.9. The zero-order valence-electron chi connectivity index (χ0n) is 18.6. The zero-order chi connectivity index (χ0) is 21.5. The van der Waals surface area contributed by atoms with Crippen LogP contribution in [0.1, 0.15) is 42.0 Å². The van der Waals surface area contributed by atoms with Crippen LogP contribution in [0.3, 0.4) is 0 Å². The number of aromatic amines is 1. The van der Waals surface area contributed by atoms with Crippen LogP contribution in [0.15, 0.2) is 36.5 Å². The number of likely N-dealkylation sites (N-methyl/N-ethyl adjacent to an activating group) is 1. The van der Waals surface area contributed by atoms with E-state index in [-0.39, 0.29) is 18.2 Å². The molecule has 2 N–H and O–H groups in total. The van der Waals surface area contributed by atoms with Crippen molar-refractivity contribution < 1.29 is 5.11 Å². The first kappa shape index (κ1) is 20.4. The number of nitrogens with one attached hydrogen (secondary N) is 1. The fraction of sp³-hybridized carbons (Fsp3) is 0.500. The Morgan fingerprint density at radius 1 is 1.00 bits per heavy atom. The minimum atomic E-state index is -0.377. The van der Waals surface area contributed by atoms with Crippen LogP contribution in [-0.4, -0.2) is 76.2 Å². The van der Waals surface area contributed by atoms with Gasteiger partial charge >= 0.3 is 0 Å². The van der Waals surface area contributed by atoms with Gasteiger partial charge in [-0.1, -0.05) is 12.1 Å². The quantitative estimate of drug-likeness (QED) is 0.679. The van der Waals surface area contributed by atoms with Crippen molar-refractivity contribution in [2.24, 2.45) is 0 Å². The van der Waals surface area contributed by atoms with Crippen molar-refractivity contribution in [1.29, 1.82) is 0 Å². The molecule has 2 aliphatic rings. The summed E-state index contributed by atoms with van der Waals surface area (Å²) in [4.78, 5) is 20.4. The summed E-state index contributed by atoms with van der Waals surface area (Å²) in [7, 11) is 4.31. The minimum Gasteiger partial charge on any atom is -0.393 e. The van der Waals surface area contributed by atoms with E-state index in [4.69, 9.17) is 4.98 Å². The molecule has 2 fully saturated rings. The Morgan fingerprint density at radius 3 is 2.55 bits per heavy atom. The van der Waals surface area contributed by atoms with Crippen molar-refractivity contribution >= 4 is 16.7 Å². The summed E-state index contributed by atoms with van der Waals surface area (Å²) in [6.45, 7) is 6.27. The number of likely N-dealkylation sites (tertiary alicyclic amines) is 1. The molecule has 0 unspecified atom stereocenters. The molecule has 164 valence electrons. The van der Waals surface area contributed by atoms with Crippen molar-refractivity contribution in [3.8, 4) is 0 Å². The zero-order valence-corrected chi connectivity index (χ0v) is 18.6. The highest BCUT2D eigenvalue weighted by molar-refractivity contribution is 5.89. The lowest BCUT2D eigenvalue weighted by Crippen LogP contribution is -2.44. The van der Waals surface area contributed by atoms with Crippen LogP contribution in [0, 0.1) is 6.92 Å². The maximum Gasteiger partial charge on any atom is 0.124 e. The fourth-order valence-corrected chi connectivity index (χ4v) is 5.12. The van der Waals surface area contributed by atoms with Gasteiger partial charge in [-0.05, 0) is 57.6 Å². The van der Waals surface area contributed by atoms with Crippen LogP contribution < -0.4 is 4.90 Å². The lowest BCUT2D eigenvalue weighted by molar-refractivity contribution is 0.00963. The fourth-order valence-electron chi connectivity index (χ4n) is 5.12. The Morgan fingerprint density at radius 2 is 1.77 bits per heavy atom. The molecule has 0 saturated carbocycles. The predicted octanol–water partition coefficient (Wildman–Crippen LogP) is 2.89. The molecule has 7 heteroatoms. The van der Waals surface area contributed by atoms with Gasteiger partial charge < -0.3 is 19.9 Å². The number of piperidine rings is 1. The number of hydrogen-bond acceptors (Lipinski definition) is 6. The second-order valence-electron chi connectivity index (χ2n) is 9.11. The molecule has 3 aromatic rings. The van der Waals surface area contributed by atoms with E-state index in [1.54, 1.807) is 0 Å². The summed E-state index contributed by atoms with van der Waals surface area (Å²) >= 11 is 0. The third-order valence-corrected chi connectivity index (χ3v) is 7.01. The Balaban J connectivity index is 1.48. The number of rotatable bonds is 3. The average Bonchev–Trinajstić information content (AvgIpc) is 3.20. The maximum atomic E-state index is 10.7. The molecule has 0 radical (unpaired) electrons. The molecular formula is C24H32N6O. The molecule has 0 spiro atoms. The standard InChI is InChI=1S/C24H32N6O/c1-16-6-5-9-25-22(16)20-14-17(31)15-21(29(20)3)24-26-18-7-4-8-19(23(18)27-24)30-12-10-28(2)11-13-30/h4-9,17,20-21,31H,10-15H2,1-3H3,(H,26,27)/t17-,20+,21-/m1/s1. The summed E-state index contributed by atoms with van der Waals surface area (Å²) < 4.78 is 0. The third kappa shape index (κ3) is 3.82. The molecule has 0 bridgehead atoms. The Bertz CT molecular complexity index is 1060. The van der Waals surface area contributed by atoms with Crippen LogP contribution in [-0.2, 0) is 0 Å². The number of hydrogen-bond donors (Lipinski definition) is 2. The summed E-state index contributed by atoms with van der Waals surface area (Å²) in [5, 5.41) is 10.7. The highest BCUT2D eigenvalue weighted by Gasteiger charge is 2.37. The molecule has 0 amide bonds. The van der Waals surface area contributed by atoms with E-state index in [1.165, 1.54) is 5.69 Å². The number of imidazole rings is 1. The van der Waals surface area contributed by atoms with Crippen LogP contribution in [0.4, 0.5) is 5.69 Å². The van der Waals surface area contributed by atoms with E-state index in [2.05, 4.69) is 70.0 Å². The van der Waals surface area contributed by atoms with Crippen molar-refractivity contribution in [3.63, 3.8) is 0 Å². The van der Waals surface area contributed by atoms with Crippen LogP contribution in [0.2, 0.25) is 0 Å². The van der Waals surface area contributed by atoms with Crippen LogP contribution >= 0.6 is 0 Å². The predicted molar refractivity (Wildman–Crippen MR) is 123 cm³/mol. The SMILES string of the molecule is Cc1cccnc1[C@@H]1C[C@@H](O)C[C@H](c2nc3cccc(N4CCN(C)CC4)c3[nH]2)N1C. The van der Waals surface area contributed by atoms with E-state index in [0.29, 0.717) is 12.8 Å². The lowest BCUT2D eigenvalue weighted by atomic mass is 9.90. The van der Waals surface area contributed by atoms with Crippen LogP contribution in [0.25, 0.3) is 11.0 Å². The number of benzene rings is 1. The summed E-state index contributed by atoms with van der Waals surface area (Å²) in [6, 6.07) is 10.5. The summed E-state index contributed by atoms with van der Waals surface area (Å²) in [5.74, 6) is 0.927. The molecule has 4 heterocycles. The van der Waals surface area contributed by atoms with E-state index >= 15 is 0 Å². The number of aromatic nitrogens is 3. The van der Waals surface area contributed by atoms with Gasteiger partial charge in [0.2, 0.25) is 0 Å². The molecule has 2 aromatic heterocycles. The largest absolute Gasteiger partial charge is 0.393 e. The van der Waals surface area contributed by atoms with Crippen molar-refractivity contribution in [1.82, 2.24) is 24.8 Å². The van der Waals surface area contributed by atoms with Crippen LogP contribution in [0.5, 0.6) is 0 Å². The number of para-hydroxylation sites is 1. The van der Waals surface area contributed by atoms with E-state index in [1.807, 2.05) is 12.3 Å². The van der Waals surface area contributed by atoms with Gasteiger partial charge in [-0.15, -0.1) is 0 Å². The third-order valence-electron chi connectivity index (χ3n) is 7.01. The number of aryl methyl sites for hydroxylation is 1. The molecular weight excluding hydrogens is 388 g/mol. The van der Waals surface area contributed by atoms with E-state index in [9.17, 15) is 5.11 Å². The monoisotopic (exact) mass is 420 g/mol. The van der Waals surface area contributed by atoms with Gasteiger partial charge in [0.05, 0.1) is 40.6 Å². The first-order valence-electron chi connectivity index (χ1n) is 11.2. The molecule has 3 atom stereocenters. The van der Waals surface area contributed by atoms with Crippen molar-refractivity contribution in [3.05, 3.63) is 53.6 Å². The van der Waals surface area contributed by atoms with Gasteiger partial charge in [-0.25, -0.2) is 4.98 Å². The van der Waals surface area contributed by atoms with Gasteiger partial charge in [-0.2, -0.15) is 0 Å². The Labute approximate surface area is 183 Å². The highest BCUT2D eigenvalue weighted by Crippen LogP contribution is 2.40. The Kier molecular flexibility index (Phi) is 5.42. The second-order valence-corrected chi connectivity index (χ2v) is 9.11. The second kappa shape index (κ2) is 8.22. The number of piperazine rings is 1.